The Balaban J connectivity index is 2.03. The monoisotopic (exact) mass is 219 g/mol. The summed E-state index contributed by atoms with van der Waals surface area (Å²) in [6.45, 7) is 2.56. The van der Waals surface area contributed by atoms with Crippen LogP contribution in [0.5, 0.6) is 0 Å². The summed E-state index contributed by atoms with van der Waals surface area (Å²) >= 11 is 0. The molecule has 0 radical (unpaired) electrons. The molecular formula is C12H17N3O. The first-order valence-corrected chi connectivity index (χ1v) is 5.58. The standard InChI is InChI=1S/C12H17N3O/c1-9-5-12(6-9,8-13)11(16)15-10-3-2-4-14-7-10/h2-4,7,9H,5-6,8,13H2,1H3,(H,15,16). The second kappa shape index (κ2) is 4.22. The molecule has 4 nitrogen and oxygen atoms in total. The fourth-order valence-corrected chi connectivity index (χ4v) is 2.42. The number of nitrogens with zero attached hydrogens (tertiary/aromatic N) is 1. The Kier molecular flexibility index (Phi) is 2.92. The van der Waals surface area contributed by atoms with E-state index in [4.69, 9.17) is 5.73 Å². The number of nitrogens with two attached hydrogens (primary N) is 1. The number of hydrogen-bond acceptors (Lipinski definition) is 3. The Morgan fingerprint density at radius 1 is 1.69 bits per heavy atom. The smallest absolute Gasteiger partial charge is 0.231 e. The van der Waals surface area contributed by atoms with Crippen LogP contribution in [-0.4, -0.2) is 17.4 Å². The number of nitrogens with one attached hydrogen (secondary N) is 1. The highest BCUT2D eigenvalue weighted by Crippen LogP contribution is 2.45. The van der Waals surface area contributed by atoms with E-state index in [1.54, 1.807) is 18.5 Å². The van der Waals surface area contributed by atoms with Crippen LogP contribution in [0.25, 0.3) is 0 Å². The van der Waals surface area contributed by atoms with Gasteiger partial charge in [-0.1, -0.05) is 6.92 Å². The van der Waals surface area contributed by atoms with Crippen molar-refractivity contribution in [3.63, 3.8) is 0 Å². The van der Waals surface area contributed by atoms with Gasteiger partial charge in [-0.05, 0) is 30.9 Å². The maximum Gasteiger partial charge on any atom is 0.231 e. The highest BCUT2D eigenvalue weighted by Gasteiger charge is 2.47. The molecule has 3 N–H and O–H groups in total. The summed E-state index contributed by atoms with van der Waals surface area (Å²) in [5, 5.41) is 2.87. The summed E-state index contributed by atoms with van der Waals surface area (Å²) in [5.74, 6) is 0.629. The van der Waals surface area contributed by atoms with Gasteiger partial charge in [-0.15, -0.1) is 0 Å². The Morgan fingerprint density at radius 3 is 2.94 bits per heavy atom. The molecule has 1 saturated carbocycles. The van der Waals surface area contributed by atoms with E-state index in [1.165, 1.54) is 0 Å². The molecule has 1 amide bonds. The summed E-state index contributed by atoms with van der Waals surface area (Å²) in [4.78, 5) is 16.0. The van der Waals surface area contributed by atoms with Crippen LogP contribution in [0.1, 0.15) is 19.8 Å². The van der Waals surface area contributed by atoms with E-state index in [0.29, 0.717) is 12.5 Å². The van der Waals surface area contributed by atoms with Gasteiger partial charge in [-0.2, -0.15) is 0 Å². The zero-order chi connectivity index (χ0) is 11.6. The zero-order valence-electron chi connectivity index (χ0n) is 9.44. The van der Waals surface area contributed by atoms with Crippen LogP contribution in [0.3, 0.4) is 0 Å². The molecule has 0 aliphatic heterocycles. The van der Waals surface area contributed by atoms with Gasteiger partial charge in [0.2, 0.25) is 5.91 Å². The van der Waals surface area contributed by atoms with E-state index in [9.17, 15) is 4.79 Å². The van der Waals surface area contributed by atoms with Gasteiger partial charge in [0.05, 0.1) is 17.3 Å². The first-order chi connectivity index (χ1) is 7.66. The summed E-state index contributed by atoms with van der Waals surface area (Å²) in [6, 6.07) is 3.63. The maximum atomic E-state index is 12.1. The van der Waals surface area contributed by atoms with Crippen LogP contribution in [-0.2, 0) is 4.79 Å². The average Bonchev–Trinajstić information content (AvgIpc) is 2.25. The largest absolute Gasteiger partial charge is 0.329 e. The predicted molar refractivity (Wildman–Crippen MR) is 62.8 cm³/mol. The van der Waals surface area contributed by atoms with Gasteiger partial charge in [-0.25, -0.2) is 0 Å². The van der Waals surface area contributed by atoms with Gasteiger partial charge in [0.25, 0.3) is 0 Å². The molecule has 1 aromatic heterocycles. The van der Waals surface area contributed by atoms with Crippen molar-refractivity contribution in [2.24, 2.45) is 17.1 Å². The van der Waals surface area contributed by atoms with Crippen molar-refractivity contribution in [3.8, 4) is 0 Å². The number of rotatable bonds is 3. The highest BCUT2D eigenvalue weighted by atomic mass is 16.2. The molecule has 0 saturated heterocycles. The first kappa shape index (κ1) is 11.1. The zero-order valence-corrected chi connectivity index (χ0v) is 9.44. The van der Waals surface area contributed by atoms with Crippen LogP contribution < -0.4 is 11.1 Å². The molecule has 1 heterocycles. The fourth-order valence-electron chi connectivity index (χ4n) is 2.42. The van der Waals surface area contributed by atoms with Gasteiger partial charge in [-0.3, -0.25) is 9.78 Å². The van der Waals surface area contributed by atoms with Crippen molar-refractivity contribution in [1.82, 2.24) is 4.98 Å². The second-order valence-corrected chi connectivity index (χ2v) is 4.69. The topological polar surface area (TPSA) is 68.0 Å². The molecule has 16 heavy (non-hydrogen) atoms. The minimum Gasteiger partial charge on any atom is -0.329 e. The molecule has 1 fully saturated rings. The third kappa shape index (κ3) is 1.93. The van der Waals surface area contributed by atoms with Crippen LogP contribution in [0.2, 0.25) is 0 Å². The maximum absolute atomic E-state index is 12.1. The minimum atomic E-state index is -0.352. The average molecular weight is 219 g/mol. The van der Waals surface area contributed by atoms with Crippen molar-refractivity contribution >= 4 is 11.6 Å². The van der Waals surface area contributed by atoms with Crippen molar-refractivity contribution < 1.29 is 4.79 Å². The first-order valence-electron chi connectivity index (χ1n) is 5.58. The van der Waals surface area contributed by atoms with Gasteiger partial charge >= 0.3 is 0 Å². The number of aromatic nitrogens is 1. The fraction of sp³-hybridized carbons (Fsp3) is 0.500. The molecule has 86 valence electrons. The summed E-state index contributed by atoms with van der Waals surface area (Å²) in [7, 11) is 0. The molecular weight excluding hydrogens is 202 g/mol. The number of hydrogen-bond donors (Lipinski definition) is 2. The van der Waals surface area contributed by atoms with E-state index >= 15 is 0 Å². The Hall–Kier alpha value is -1.42. The van der Waals surface area contributed by atoms with E-state index in [-0.39, 0.29) is 11.3 Å². The second-order valence-electron chi connectivity index (χ2n) is 4.69. The van der Waals surface area contributed by atoms with E-state index in [1.807, 2.05) is 6.07 Å². The number of amides is 1. The quantitative estimate of drug-likeness (QED) is 0.807. The SMILES string of the molecule is CC1CC(CN)(C(=O)Nc2cccnc2)C1. The minimum absolute atomic E-state index is 0.0288. The summed E-state index contributed by atoms with van der Waals surface area (Å²) in [6.07, 6.45) is 5.09. The van der Waals surface area contributed by atoms with Crippen LogP contribution in [0, 0.1) is 11.3 Å². The van der Waals surface area contributed by atoms with Crippen LogP contribution in [0.15, 0.2) is 24.5 Å². The normalized spacial score (nSPS) is 28.2. The summed E-state index contributed by atoms with van der Waals surface area (Å²) in [5.41, 5.74) is 6.09. The lowest BCUT2D eigenvalue weighted by atomic mass is 9.62. The Morgan fingerprint density at radius 2 is 2.44 bits per heavy atom. The van der Waals surface area contributed by atoms with Gasteiger partial charge < -0.3 is 11.1 Å². The van der Waals surface area contributed by atoms with E-state index < -0.39 is 0 Å². The molecule has 1 aliphatic rings. The van der Waals surface area contributed by atoms with E-state index in [2.05, 4.69) is 17.2 Å². The van der Waals surface area contributed by atoms with Crippen LogP contribution in [0.4, 0.5) is 5.69 Å². The lowest BCUT2D eigenvalue weighted by Crippen LogP contribution is -2.51. The molecule has 0 atom stereocenters. The molecule has 1 aromatic rings. The molecule has 0 bridgehead atoms. The van der Waals surface area contributed by atoms with Crippen molar-refractivity contribution in [2.75, 3.05) is 11.9 Å². The predicted octanol–water partition coefficient (Wildman–Crippen LogP) is 1.40. The van der Waals surface area contributed by atoms with E-state index in [0.717, 1.165) is 18.5 Å². The third-order valence-corrected chi connectivity index (χ3v) is 3.27. The van der Waals surface area contributed by atoms with Crippen LogP contribution >= 0.6 is 0 Å². The van der Waals surface area contributed by atoms with Gasteiger partial charge in [0.15, 0.2) is 0 Å². The lowest BCUT2D eigenvalue weighted by Gasteiger charge is -2.44. The highest BCUT2D eigenvalue weighted by molar-refractivity contribution is 5.96. The van der Waals surface area contributed by atoms with Crippen molar-refractivity contribution in [1.29, 1.82) is 0 Å². The molecule has 1 aliphatic carbocycles. The van der Waals surface area contributed by atoms with Crippen molar-refractivity contribution in [3.05, 3.63) is 24.5 Å². The number of carbonyl (C=O) groups excluding carboxylic acids is 1. The summed E-state index contributed by atoms with van der Waals surface area (Å²) < 4.78 is 0. The molecule has 4 heteroatoms. The molecule has 2 rings (SSSR count). The Labute approximate surface area is 95.3 Å². The third-order valence-electron chi connectivity index (χ3n) is 3.27. The molecule has 0 unspecified atom stereocenters. The molecule has 0 aromatic carbocycles. The Bertz CT molecular complexity index is 371. The van der Waals surface area contributed by atoms with Gasteiger partial charge in [0, 0.05) is 12.7 Å². The number of carbonyl (C=O) groups is 1. The number of anilines is 1. The van der Waals surface area contributed by atoms with Gasteiger partial charge in [0.1, 0.15) is 0 Å². The molecule has 0 spiro atoms. The van der Waals surface area contributed by atoms with Crippen molar-refractivity contribution in [2.45, 2.75) is 19.8 Å². The lowest BCUT2D eigenvalue weighted by molar-refractivity contribution is -0.132. The number of pyridine rings is 1.